The molecule has 2 saturated carbocycles. The van der Waals surface area contributed by atoms with Crippen LogP contribution in [0.4, 0.5) is 5.69 Å². The van der Waals surface area contributed by atoms with Gasteiger partial charge in [-0.3, -0.25) is 14.4 Å². The molecule has 58 heavy (non-hydrogen) atoms. The molecule has 6 N–H and O–H groups in total. The lowest BCUT2D eigenvalue weighted by molar-refractivity contribution is -0.124. The Morgan fingerprint density at radius 2 is 1.67 bits per heavy atom. The van der Waals surface area contributed by atoms with E-state index in [1.54, 1.807) is 6.08 Å². The summed E-state index contributed by atoms with van der Waals surface area (Å²) < 4.78 is 23.0. The van der Waals surface area contributed by atoms with E-state index in [1.165, 1.54) is 23.3 Å². The molecule has 0 bridgehead atoms. The summed E-state index contributed by atoms with van der Waals surface area (Å²) in [4.78, 5) is 37.0. The maximum Gasteiger partial charge on any atom is 0.256 e. The van der Waals surface area contributed by atoms with Crippen LogP contribution in [0.25, 0.3) is 0 Å². The molecule has 0 radical (unpaired) electrons. The van der Waals surface area contributed by atoms with Crippen LogP contribution >= 0.6 is 0 Å². The van der Waals surface area contributed by atoms with Crippen molar-refractivity contribution in [3.8, 4) is 17.2 Å². The lowest BCUT2D eigenvalue weighted by Gasteiger charge is -2.50. The normalized spacial score (nSPS) is 21.3. The lowest BCUT2D eigenvalue weighted by Crippen LogP contribution is -2.45. The summed E-state index contributed by atoms with van der Waals surface area (Å²) in [7, 11) is 0. The number of amides is 3. The number of phenols is 2. The molecule has 12 heteroatoms. The van der Waals surface area contributed by atoms with Crippen molar-refractivity contribution in [1.29, 1.82) is 0 Å². The average Bonchev–Trinajstić information content (AvgIpc) is 3.55. The van der Waals surface area contributed by atoms with E-state index < -0.39 is 17.6 Å². The SMILES string of the molecule is C=CC.CC.CC12CCC3c4ccc(O)cc4CCC3C1CC[C@H]2OCCC(=O)NCCOCCOCC(=O)Nc1ccc(OCc2ccccc2)c(C(N)=O)c1O. The van der Waals surface area contributed by atoms with Gasteiger partial charge in [0, 0.05) is 13.0 Å². The first-order chi connectivity index (χ1) is 28.0. The monoisotopic (exact) mass is 801 g/mol. The number of primary amides is 1. The topological polar surface area (TPSA) is 179 Å². The number of nitrogens with one attached hydrogen (secondary N) is 2. The number of aromatic hydroxyl groups is 2. The number of phenolic OH excluding ortho intramolecular Hbond substituents is 1. The van der Waals surface area contributed by atoms with Gasteiger partial charge in [-0.25, -0.2) is 0 Å². The molecule has 3 amide bonds. The molecule has 2 fully saturated rings. The first-order valence-corrected chi connectivity index (χ1v) is 20.6. The summed E-state index contributed by atoms with van der Waals surface area (Å²) in [5, 5.41) is 26.0. The number of hydrogen-bond acceptors (Lipinski definition) is 9. The Bertz CT molecular complexity index is 1800. The summed E-state index contributed by atoms with van der Waals surface area (Å²) in [6.07, 6.45) is 8.83. The Kier molecular flexibility index (Phi) is 18.1. The average molecular weight is 802 g/mol. The number of carbonyl (C=O) groups excluding carboxylic acids is 3. The van der Waals surface area contributed by atoms with Crippen LogP contribution in [-0.4, -0.2) is 73.6 Å². The van der Waals surface area contributed by atoms with Gasteiger partial charge in [-0.15, -0.1) is 6.58 Å². The minimum absolute atomic E-state index is 0.000287. The highest BCUT2D eigenvalue weighted by molar-refractivity contribution is 6.02. The first kappa shape index (κ1) is 45.8. The predicted octanol–water partition coefficient (Wildman–Crippen LogP) is 7.41. The number of anilines is 1. The molecule has 0 aliphatic heterocycles. The Morgan fingerprint density at radius 3 is 2.41 bits per heavy atom. The number of fused-ring (bicyclic) bond motifs is 5. The minimum Gasteiger partial charge on any atom is -0.508 e. The van der Waals surface area contributed by atoms with Gasteiger partial charge in [0.05, 0.1) is 38.2 Å². The van der Waals surface area contributed by atoms with Gasteiger partial charge in [0.25, 0.3) is 5.91 Å². The number of carbonyl (C=O) groups is 3. The molecule has 3 aromatic rings. The molecule has 316 valence electrons. The van der Waals surface area contributed by atoms with E-state index in [1.807, 2.05) is 63.2 Å². The number of ether oxygens (including phenoxy) is 4. The van der Waals surface area contributed by atoms with Crippen molar-refractivity contribution in [2.24, 2.45) is 23.0 Å². The van der Waals surface area contributed by atoms with Crippen LogP contribution in [-0.2, 0) is 36.8 Å². The van der Waals surface area contributed by atoms with E-state index in [-0.39, 0.29) is 73.9 Å². The Morgan fingerprint density at radius 1 is 0.931 bits per heavy atom. The number of allylic oxidation sites excluding steroid dienone is 1. The first-order valence-electron chi connectivity index (χ1n) is 20.6. The van der Waals surface area contributed by atoms with E-state index in [0.717, 1.165) is 44.1 Å². The molecule has 4 unspecified atom stereocenters. The summed E-state index contributed by atoms with van der Waals surface area (Å²) in [6, 6.07) is 18.1. The molecule has 3 aromatic carbocycles. The van der Waals surface area contributed by atoms with Crippen molar-refractivity contribution >= 4 is 23.4 Å². The predicted molar refractivity (Wildman–Crippen MR) is 225 cm³/mol. The second-order valence-electron chi connectivity index (χ2n) is 15.0. The third-order valence-electron chi connectivity index (χ3n) is 11.3. The summed E-state index contributed by atoms with van der Waals surface area (Å²) in [6.45, 7) is 12.9. The van der Waals surface area contributed by atoms with Crippen LogP contribution < -0.4 is 21.1 Å². The maximum absolute atomic E-state index is 12.5. The van der Waals surface area contributed by atoms with Crippen molar-refractivity contribution in [2.45, 2.75) is 91.3 Å². The molecule has 0 aromatic heterocycles. The highest BCUT2D eigenvalue weighted by Crippen LogP contribution is 2.61. The fraction of sp³-hybridized carbons (Fsp3) is 0.500. The zero-order valence-electron chi connectivity index (χ0n) is 34.6. The molecule has 3 aliphatic rings. The second kappa shape index (κ2) is 22.9. The molecule has 12 nitrogen and oxygen atoms in total. The standard InChI is InChI=1S/C41H51N3O9.C3H6.C2H6/c1-41-17-15-30-29-10-8-28(45)23-27(29)7-9-31(30)32(41)11-14-35(41)52-19-16-36(46)43-18-20-50-21-22-51-25-37(47)44-33-12-13-34(38(39(33)48)40(42)49)53-24-26-5-3-2-4-6-26;1-3-2;1-2/h2-6,8,10,12-13,23,30-32,35,45,48H,7,9,11,14-22,24-25H2,1H3,(H2,42,49)(H,43,46)(H,44,47);3H,1H2,2H3;1-2H3/t30?,31?,32?,35-,41?;;/m1../s1. The third-order valence-corrected chi connectivity index (χ3v) is 11.3. The second-order valence-corrected chi connectivity index (χ2v) is 15.0. The van der Waals surface area contributed by atoms with Gasteiger partial charge >= 0.3 is 0 Å². The van der Waals surface area contributed by atoms with E-state index in [9.17, 15) is 24.6 Å². The summed E-state index contributed by atoms with van der Waals surface area (Å²) in [5.74, 6) is 0.255. The summed E-state index contributed by atoms with van der Waals surface area (Å²) in [5.41, 5.74) is 8.98. The van der Waals surface area contributed by atoms with E-state index in [0.29, 0.717) is 36.7 Å². The van der Waals surface area contributed by atoms with Crippen molar-refractivity contribution in [3.63, 3.8) is 0 Å². The van der Waals surface area contributed by atoms with Crippen LogP contribution in [0.15, 0.2) is 73.3 Å². The van der Waals surface area contributed by atoms with Gasteiger partial charge < -0.3 is 45.5 Å². The quantitative estimate of drug-likeness (QED) is 0.0528. The van der Waals surface area contributed by atoms with Crippen LogP contribution in [0.2, 0.25) is 0 Å². The van der Waals surface area contributed by atoms with Gasteiger partial charge in [0.2, 0.25) is 11.8 Å². The zero-order valence-corrected chi connectivity index (χ0v) is 34.6. The smallest absolute Gasteiger partial charge is 0.256 e. The number of nitrogens with two attached hydrogens (primary N) is 1. The fourth-order valence-corrected chi connectivity index (χ4v) is 8.78. The largest absolute Gasteiger partial charge is 0.508 e. The molecule has 0 spiro atoms. The molecular weight excluding hydrogens is 739 g/mol. The molecule has 0 heterocycles. The number of aryl methyl sites for hydroxylation is 1. The van der Waals surface area contributed by atoms with Crippen molar-refractivity contribution in [3.05, 3.63) is 95.6 Å². The van der Waals surface area contributed by atoms with E-state index >= 15 is 0 Å². The third kappa shape index (κ3) is 12.1. The van der Waals surface area contributed by atoms with Gasteiger partial charge in [0.15, 0.2) is 5.75 Å². The zero-order chi connectivity index (χ0) is 42.1. The Hall–Kier alpha value is -4.91. The van der Waals surface area contributed by atoms with Crippen molar-refractivity contribution in [2.75, 3.05) is 44.9 Å². The Labute approximate surface area is 343 Å². The highest BCUT2D eigenvalue weighted by atomic mass is 16.5. The van der Waals surface area contributed by atoms with E-state index in [2.05, 4.69) is 30.2 Å². The van der Waals surface area contributed by atoms with Crippen LogP contribution in [0.3, 0.4) is 0 Å². The van der Waals surface area contributed by atoms with E-state index in [4.69, 9.17) is 24.7 Å². The van der Waals surface area contributed by atoms with Crippen molar-refractivity contribution in [1.82, 2.24) is 5.32 Å². The number of rotatable bonds is 17. The molecule has 5 atom stereocenters. The summed E-state index contributed by atoms with van der Waals surface area (Å²) >= 11 is 0. The van der Waals surface area contributed by atoms with Crippen LogP contribution in [0.1, 0.15) is 99.2 Å². The van der Waals surface area contributed by atoms with Crippen molar-refractivity contribution < 1.29 is 43.5 Å². The lowest BCUT2D eigenvalue weighted by atomic mass is 9.55. The fourth-order valence-electron chi connectivity index (χ4n) is 8.78. The van der Waals surface area contributed by atoms with Gasteiger partial charge in [-0.2, -0.15) is 0 Å². The van der Waals surface area contributed by atoms with Gasteiger partial charge in [-0.05, 0) is 110 Å². The molecular formula is C46H63N3O9. The van der Waals surface area contributed by atoms with Gasteiger partial charge in [-0.1, -0.05) is 63.2 Å². The molecule has 3 aliphatic carbocycles. The van der Waals surface area contributed by atoms with Gasteiger partial charge in [0.1, 0.15) is 30.3 Å². The number of hydrogen-bond donors (Lipinski definition) is 5. The molecule has 0 saturated heterocycles. The highest BCUT2D eigenvalue weighted by Gasteiger charge is 2.55. The molecule has 6 rings (SSSR count). The number of benzene rings is 3. The maximum atomic E-state index is 12.5. The minimum atomic E-state index is -0.899. The van der Waals surface area contributed by atoms with Crippen LogP contribution in [0, 0.1) is 17.3 Å². The Balaban J connectivity index is 0.00000142. The van der Waals surface area contributed by atoms with Crippen LogP contribution in [0.5, 0.6) is 17.2 Å².